The normalized spacial score (nSPS) is 10.9. The summed E-state index contributed by atoms with van der Waals surface area (Å²) in [5.74, 6) is -0.337. The van der Waals surface area contributed by atoms with Crippen LogP contribution in [0.4, 0.5) is 0 Å². The average molecular weight is 241 g/mol. The van der Waals surface area contributed by atoms with Gasteiger partial charge in [0.25, 0.3) is 0 Å². The Labute approximate surface area is 103 Å². The summed E-state index contributed by atoms with van der Waals surface area (Å²) in [7, 11) is 1.69. The third-order valence-electron chi connectivity index (χ3n) is 2.92. The van der Waals surface area contributed by atoms with Gasteiger partial charge in [0.05, 0.1) is 5.69 Å². The molecule has 0 aliphatic rings. The monoisotopic (exact) mass is 241 g/mol. The zero-order valence-corrected chi connectivity index (χ0v) is 9.74. The Kier molecular flexibility index (Phi) is 2.19. The number of hydrogen-bond donors (Lipinski definition) is 1. The standard InChI is InChI=1S/C13H11N3O2/c1-15-11(12(17)18)8-16-7-10(14-13(15)16)9-5-3-2-4-6-9/h2-8H,1H3,(H,17,18). The number of carboxylic acids is 1. The lowest BCUT2D eigenvalue weighted by Gasteiger charge is -1.96. The van der Waals surface area contributed by atoms with Gasteiger partial charge in [-0.3, -0.25) is 4.40 Å². The Hall–Kier alpha value is -2.56. The van der Waals surface area contributed by atoms with Crippen molar-refractivity contribution in [1.82, 2.24) is 14.0 Å². The first-order valence-corrected chi connectivity index (χ1v) is 5.50. The number of benzene rings is 1. The minimum absolute atomic E-state index is 0.220. The number of carboxylic acid groups (broad SMARTS) is 1. The van der Waals surface area contributed by atoms with Crippen molar-refractivity contribution in [2.45, 2.75) is 0 Å². The summed E-state index contributed by atoms with van der Waals surface area (Å²) in [6, 6.07) is 9.78. The van der Waals surface area contributed by atoms with Crippen LogP contribution in [0, 0.1) is 0 Å². The first-order valence-electron chi connectivity index (χ1n) is 5.50. The molecule has 2 aromatic heterocycles. The first kappa shape index (κ1) is 10.6. The fourth-order valence-electron chi connectivity index (χ4n) is 2.00. The van der Waals surface area contributed by atoms with Crippen LogP contribution in [-0.2, 0) is 7.05 Å². The van der Waals surface area contributed by atoms with Gasteiger partial charge in [0, 0.05) is 25.0 Å². The molecule has 0 amide bonds. The second kappa shape index (κ2) is 3.73. The van der Waals surface area contributed by atoms with Gasteiger partial charge in [-0.2, -0.15) is 0 Å². The molecule has 0 aliphatic carbocycles. The summed E-state index contributed by atoms with van der Waals surface area (Å²) >= 11 is 0. The molecule has 0 saturated carbocycles. The molecular formula is C13H11N3O2. The molecule has 0 fully saturated rings. The fourth-order valence-corrected chi connectivity index (χ4v) is 2.00. The highest BCUT2D eigenvalue weighted by molar-refractivity contribution is 5.86. The molecule has 0 unspecified atom stereocenters. The van der Waals surface area contributed by atoms with Crippen LogP contribution in [0.1, 0.15) is 10.5 Å². The molecule has 3 aromatic rings. The SMILES string of the molecule is Cn1c(C(=O)O)cn2cc(-c3ccccc3)nc12. The third kappa shape index (κ3) is 1.48. The number of hydrogen-bond acceptors (Lipinski definition) is 2. The Bertz CT molecular complexity index is 725. The maximum atomic E-state index is 11.0. The molecule has 5 heteroatoms. The van der Waals surface area contributed by atoms with E-state index in [2.05, 4.69) is 4.98 Å². The van der Waals surface area contributed by atoms with E-state index >= 15 is 0 Å². The van der Waals surface area contributed by atoms with Crippen LogP contribution in [0.3, 0.4) is 0 Å². The molecule has 0 radical (unpaired) electrons. The highest BCUT2D eigenvalue weighted by Gasteiger charge is 2.14. The van der Waals surface area contributed by atoms with E-state index < -0.39 is 5.97 Å². The summed E-state index contributed by atoms with van der Waals surface area (Å²) in [6.45, 7) is 0. The maximum Gasteiger partial charge on any atom is 0.354 e. The molecule has 0 atom stereocenters. The molecule has 18 heavy (non-hydrogen) atoms. The van der Waals surface area contributed by atoms with E-state index in [9.17, 15) is 4.79 Å². The number of imidazole rings is 2. The molecule has 0 spiro atoms. The summed E-state index contributed by atoms with van der Waals surface area (Å²) in [6.07, 6.45) is 3.40. The van der Waals surface area contributed by atoms with E-state index in [-0.39, 0.29) is 5.69 Å². The second-order valence-electron chi connectivity index (χ2n) is 4.08. The molecule has 1 N–H and O–H groups in total. The van der Waals surface area contributed by atoms with Crippen LogP contribution in [0.2, 0.25) is 0 Å². The second-order valence-corrected chi connectivity index (χ2v) is 4.08. The van der Waals surface area contributed by atoms with Gasteiger partial charge < -0.3 is 9.67 Å². The fraction of sp³-hybridized carbons (Fsp3) is 0.0769. The zero-order valence-electron chi connectivity index (χ0n) is 9.74. The molecular weight excluding hydrogens is 230 g/mol. The topological polar surface area (TPSA) is 59.5 Å². The van der Waals surface area contributed by atoms with Gasteiger partial charge in [-0.25, -0.2) is 9.78 Å². The Morgan fingerprint density at radius 1 is 1.22 bits per heavy atom. The quantitative estimate of drug-likeness (QED) is 0.746. The summed E-state index contributed by atoms with van der Waals surface area (Å²) in [5, 5.41) is 9.01. The molecule has 0 aliphatic heterocycles. The molecule has 1 aromatic carbocycles. The van der Waals surface area contributed by atoms with Gasteiger partial charge in [0.15, 0.2) is 0 Å². The van der Waals surface area contributed by atoms with Crippen molar-refractivity contribution in [2.75, 3.05) is 0 Å². The molecule has 2 heterocycles. The van der Waals surface area contributed by atoms with Gasteiger partial charge in [-0.15, -0.1) is 0 Å². The number of rotatable bonds is 2. The Morgan fingerprint density at radius 3 is 2.56 bits per heavy atom. The average Bonchev–Trinajstić information content (AvgIpc) is 2.91. The number of carbonyl (C=O) groups is 1. The maximum absolute atomic E-state index is 11.0. The van der Waals surface area contributed by atoms with Crippen molar-refractivity contribution in [2.24, 2.45) is 7.05 Å². The summed E-state index contributed by atoms with van der Waals surface area (Å²) < 4.78 is 3.29. The van der Waals surface area contributed by atoms with Gasteiger partial charge in [0.2, 0.25) is 5.78 Å². The lowest BCUT2D eigenvalue weighted by Crippen LogP contribution is -2.04. The predicted octanol–water partition coefficient (Wildman–Crippen LogP) is 2.04. The van der Waals surface area contributed by atoms with Crippen LogP contribution in [-0.4, -0.2) is 25.0 Å². The lowest BCUT2D eigenvalue weighted by atomic mass is 10.2. The van der Waals surface area contributed by atoms with Crippen LogP contribution in [0.5, 0.6) is 0 Å². The van der Waals surface area contributed by atoms with Gasteiger partial charge in [-0.05, 0) is 0 Å². The van der Waals surface area contributed by atoms with Crippen molar-refractivity contribution in [3.05, 3.63) is 48.4 Å². The third-order valence-corrected chi connectivity index (χ3v) is 2.92. The number of fused-ring (bicyclic) bond motifs is 1. The van der Waals surface area contributed by atoms with E-state index in [0.717, 1.165) is 11.3 Å². The molecule has 90 valence electrons. The van der Waals surface area contributed by atoms with Crippen molar-refractivity contribution in [1.29, 1.82) is 0 Å². The van der Waals surface area contributed by atoms with Crippen LogP contribution < -0.4 is 0 Å². The van der Waals surface area contributed by atoms with Crippen molar-refractivity contribution in [3.8, 4) is 11.3 Å². The van der Waals surface area contributed by atoms with Crippen molar-refractivity contribution in [3.63, 3.8) is 0 Å². The smallest absolute Gasteiger partial charge is 0.354 e. The van der Waals surface area contributed by atoms with Crippen molar-refractivity contribution >= 4 is 11.7 Å². The lowest BCUT2D eigenvalue weighted by molar-refractivity contribution is 0.0687. The van der Waals surface area contributed by atoms with E-state index in [1.165, 1.54) is 0 Å². The zero-order chi connectivity index (χ0) is 12.7. The predicted molar refractivity (Wildman–Crippen MR) is 66.6 cm³/mol. The molecule has 0 bridgehead atoms. The number of aromatic carboxylic acids is 1. The van der Waals surface area contributed by atoms with Gasteiger partial charge >= 0.3 is 5.97 Å². The molecule has 0 saturated heterocycles. The van der Waals surface area contributed by atoms with Gasteiger partial charge in [0.1, 0.15) is 5.69 Å². The number of aryl methyl sites for hydroxylation is 1. The van der Waals surface area contributed by atoms with Gasteiger partial charge in [-0.1, -0.05) is 30.3 Å². The van der Waals surface area contributed by atoms with E-state index in [1.54, 1.807) is 22.2 Å². The van der Waals surface area contributed by atoms with E-state index in [0.29, 0.717) is 5.78 Å². The van der Waals surface area contributed by atoms with Crippen LogP contribution in [0.15, 0.2) is 42.7 Å². The van der Waals surface area contributed by atoms with E-state index in [4.69, 9.17) is 5.11 Å². The largest absolute Gasteiger partial charge is 0.477 e. The molecule has 3 rings (SSSR count). The van der Waals surface area contributed by atoms with Crippen LogP contribution in [0.25, 0.3) is 17.0 Å². The van der Waals surface area contributed by atoms with Crippen LogP contribution >= 0.6 is 0 Å². The number of nitrogens with zero attached hydrogens (tertiary/aromatic N) is 3. The Morgan fingerprint density at radius 2 is 1.94 bits per heavy atom. The Balaban J connectivity index is 2.17. The minimum Gasteiger partial charge on any atom is -0.477 e. The molecule has 5 nitrogen and oxygen atoms in total. The first-order chi connectivity index (χ1) is 8.66. The minimum atomic E-state index is -0.954. The summed E-state index contributed by atoms with van der Waals surface area (Å²) in [5.41, 5.74) is 2.06. The number of aromatic nitrogens is 3. The van der Waals surface area contributed by atoms with E-state index in [1.807, 2.05) is 36.5 Å². The van der Waals surface area contributed by atoms with Crippen molar-refractivity contribution < 1.29 is 9.90 Å². The summed E-state index contributed by atoms with van der Waals surface area (Å²) in [4.78, 5) is 15.4. The highest BCUT2D eigenvalue weighted by Crippen LogP contribution is 2.19. The highest BCUT2D eigenvalue weighted by atomic mass is 16.4.